The number of hydrogen-bond donors (Lipinski definition) is 0. The summed E-state index contributed by atoms with van der Waals surface area (Å²) in [6, 6.07) is 0. The monoisotopic (exact) mass is 287 g/mol. The molecule has 82 valence electrons. The maximum Gasteiger partial charge on any atom is 1.00 e. The van der Waals surface area contributed by atoms with E-state index in [0.717, 1.165) is 0 Å². The van der Waals surface area contributed by atoms with Crippen molar-refractivity contribution in [3.8, 4) is 0 Å². The Morgan fingerprint density at radius 2 is 2.38 bits per heavy atom. The molecule has 8 heteroatoms. The van der Waals surface area contributed by atoms with E-state index in [-0.39, 0.29) is 46.5 Å². The van der Waals surface area contributed by atoms with E-state index in [4.69, 9.17) is 11.6 Å². The molecule has 0 aromatic heterocycles. The van der Waals surface area contributed by atoms with Crippen molar-refractivity contribution >= 4 is 47.0 Å². The maximum absolute atomic E-state index is 11.2. The molecule has 0 aromatic rings. The summed E-state index contributed by atoms with van der Waals surface area (Å²) in [5, 5.41) is 10.8. The van der Waals surface area contributed by atoms with Gasteiger partial charge in [0.2, 0.25) is 5.91 Å². The minimum atomic E-state index is -1.28. The Kier molecular flexibility index (Phi) is 5.54. The van der Waals surface area contributed by atoms with Crippen LogP contribution in [0.1, 0.15) is 6.42 Å². The Morgan fingerprint density at radius 3 is 2.88 bits per heavy atom. The number of thioether (sulfide) groups is 2. The van der Waals surface area contributed by atoms with Gasteiger partial charge in [0.1, 0.15) is 0 Å². The zero-order valence-corrected chi connectivity index (χ0v) is 13.0. The number of carbonyl (C=O) groups is 2. The Morgan fingerprint density at radius 1 is 1.69 bits per heavy atom. The molecule has 0 saturated carbocycles. The first kappa shape index (κ1) is 14.7. The van der Waals surface area contributed by atoms with Gasteiger partial charge in [-0.3, -0.25) is 9.69 Å². The molecule has 1 atom stereocenters. The van der Waals surface area contributed by atoms with E-state index in [1.807, 2.05) is 0 Å². The first-order valence-electron chi connectivity index (χ1n) is 4.28. The molecule has 0 N–H and O–H groups in total. The summed E-state index contributed by atoms with van der Waals surface area (Å²) in [6.07, 6.45) is 0.409. The quantitative estimate of drug-likeness (QED) is 0.317. The zero-order chi connectivity index (χ0) is 11.0. The fourth-order valence-corrected chi connectivity index (χ4v) is 4.21. The van der Waals surface area contributed by atoms with E-state index in [9.17, 15) is 14.7 Å². The van der Waals surface area contributed by atoms with Crippen molar-refractivity contribution in [3.63, 3.8) is 0 Å². The van der Waals surface area contributed by atoms with Gasteiger partial charge in [0, 0.05) is 11.6 Å². The summed E-state index contributed by atoms with van der Waals surface area (Å²) in [5.74, 6) is -0.341. The van der Waals surface area contributed by atoms with Crippen molar-refractivity contribution in [3.05, 3.63) is 9.93 Å². The van der Waals surface area contributed by atoms with Crippen LogP contribution in [0, 0.1) is 0 Å². The third kappa shape index (κ3) is 2.57. The molecular formula is C8H7ClNNaO3S2. The average Bonchev–Trinajstić information content (AvgIpc) is 2.47. The largest absolute Gasteiger partial charge is 1.00 e. The minimum absolute atomic E-state index is 0. The normalized spacial score (nSPS) is 22.7. The van der Waals surface area contributed by atoms with Gasteiger partial charge in [0.25, 0.3) is 0 Å². The third-order valence-corrected chi connectivity index (χ3v) is 5.06. The molecule has 0 aliphatic carbocycles. The molecule has 0 bridgehead atoms. The molecular weight excluding hydrogens is 281 g/mol. The summed E-state index contributed by atoms with van der Waals surface area (Å²) in [6.45, 7) is 0. The van der Waals surface area contributed by atoms with Crippen molar-refractivity contribution in [2.45, 2.75) is 11.8 Å². The molecule has 0 aromatic carbocycles. The average molecular weight is 288 g/mol. The molecule has 2 aliphatic rings. The molecule has 4 nitrogen and oxygen atoms in total. The van der Waals surface area contributed by atoms with Gasteiger partial charge >= 0.3 is 29.6 Å². The number of rotatable bonds is 4. The summed E-state index contributed by atoms with van der Waals surface area (Å²) in [7, 11) is 0. The fourth-order valence-electron chi connectivity index (χ4n) is 1.44. The van der Waals surface area contributed by atoms with Crippen molar-refractivity contribution in [2.75, 3.05) is 11.6 Å². The van der Waals surface area contributed by atoms with Crippen molar-refractivity contribution in [1.29, 1.82) is 0 Å². The molecule has 2 rings (SSSR count). The molecule has 0 spiro atoms. The predicted molar refractivity (Wildman–Crippen MR) is 58.1 cm³/mol. The summed E-state index contributed by atoms with van der Waals surface area (Å²) in [5.41, 5.74) is 0.0244. The number of alkyl halides is 1. The third-order valence-electron chi connectivity index (χ3n) is 2.09. The number of carboxylic acid groups (broad SMARTS) is 1. The standard InChI is InChI=1S/C8H8ClNO3S2.Na/c9-1-2-14-8-6(7(12)13)10-4(11)3-5(10)15-8;/h5H,1-3H2,(H,12,13);/q;+1/p-1/t5-;/m1./s1. The van der Waals surface area contributed by atoms with Crippen molar-refractivity contribution in [1.82, 2.24) is 4.90 Å². The number of aliphatic carboxylic acids is 1. The Labute approximate surface area is 128 Å². The molecule has 2 aliphatic heterocycles. The van der Waals surface area contributed by atoms with Gasteiger partial charge < -0.3 is 9.90 Å². The number of carboxylic acids is 1. The van der Waals surface area contributed by atoms with Crippen LogP contribution in [-0.2, 0) is 9.59 Å². The smallest absolute Gasteiger partial charge is 0.543 e. The van der Waals surface area contributed by atoms with Crippen LogP contribution in [0.15, 0.2) is 9.93 Å². The van der Waals surface area contributed by atoms with E-state index >= 15 is 0 Å². The number of β-lactam (4-membered cyclic amide) rings is 1. The summed E-state index contributed by atoms with van der Waals surface area (Å²) >= 11 is 8.30. The molecule has 1 fully saturated rings. The van der Waals surface area contributed by atoms with Gasteiger partial charge in [-0.05, 0) is 0 Å². The van der Waals surface area contributed by atoms with Crippen LogP contribution in [-0.4, -0.2) is 33.8 Å². The van der Waals surface area contributed by atoms with Crippen LogP contribution in [0.25, 0.3) is 0 Å². The molecule has 1 amide bonds. The van der Waals surface area contributed by atoms with Crippen LogP contribution in [0.2, 0.25) is 0 Å². The van der Waals surface area contributed by atoms with Crippen LogP contribution >= 0.6 is 35.1 Å². The Bertz CT molecular complexity index is 363. The van der Waals surface area contributed by atoms with Gasteiger partial charge in [0.05, 0.1) is 27.7 Å². The summed E-state index contributed by atoms with van der Waals surface area (Å²) in [4.78, 5) is 23.4. The maximum atomic E-state index is 11.2. The van der Waals surface area contributed by atoms with Crippen LogP contribution in [0.3, 0.4) is 0 Å². The minimum Gasteiger partial charge on any atom is -0.543 e. The second-order valence-electron chi connectivity index (χ2n) is 3.00. The first-order chi connectivity index (χ1) is 7.15. The van der Waals surface area contributed by atoms with E-state index in [1.54, 1.807) is 0 Å². The van der Waals surface area contributed by atoms with E-state index in [2.05, 4.69) is 0 Å². The number of carbonyl (C=O) groups excluding carboxylic acids is 2. The SMILES string of the molecule is O=C([O-])C1=C(SCCCl)S[C@@H]2CC(=O)N12.[Na+]. The van der Waals surface area contributed by atoms with Gasteiger partial charge in [0.15, 0.2) is 0 Å². The topological polar surface area (TPSA) is 60.4 Å². The molecule has 0 radical (unpaired) electrons. The number of amides is 1. The molecule has 0 unspecified atom stereocenters. The van der Waals surface area contributed by atoms with E-state index in [0.29, 0.717) is 22.3 Å². The second kappa shape index (κ2) is 6.02. The first-order valence-corrected chi connectivity index (χ1v) is 6.68. The molecule has 1 saturated heterocycles. The van der Waals surface area contributed by atoms with Gasteiger partial charge in [-0.2, -0.15) is 0 Å². The number of halogens is 1. The van der Waals surface area contributed by atoms with Crippen LogP contribution in [0.4, 0.5) is 0 Å². The molecule has 16 heavy (non-hydrogen) atoms. The number of nitrogens with zero attached hydrogens (tertiary/aromatic N) is 1. The van der Waals surface area contributed by atoms with E-state index in [1.165, 1.54) is 28.4 Å². The van der Waals surface area contributed by atoms with Crippen molar-refractivity contribution < 1.29 is 44.3 Å². The number of fused-ring (bicyclic) bond motifs is 1. The van der Waals surface area contributed by atoms with Crippen LogP contribution < -0.4 is 34.7 Å². The van der Waals surface area contributed by atoms with Gasteiger partial charge in [-0.1, -0.05) is 11.8 Å². The number of hydrogen-bond acceptors (Lipinski definition) is 5. The Hall–Kier alpha value is 0.670. The second-order valence-corrected chi connectivity index (χ2v) is 5.93. The fraction of sp³-hybridized carbons (Fsp3) is 0.500. The van der Waals surface area contributed by atoms with Gasteiger partial charge in [-0.25, -0.2) is 0 Å². The van der Waals surface area contributed by atoms with E-state index < -0.39 is 5.97 Å². The van der Waals surface area contributed by atoms with Gasteiger partial charge in [-0.15, -0.1) is 23.4 Å². The van der Waals surface area contributed by atoms with Crippen LogP contribution in [0.5, 0.6) is 0 Å². The van der Waals surface area contributed by atoms with Crippen molar-refractivity contribution in [2.24, 2.45) is 0 Å². The predicted octanol–water partition coefficient (Wildman–Crippen LogP) is -2.81. The molecule has 2 heterocycles. The summed E-state index contributed by atoms with van der Waals surface area (Å²) < 4.78 is 0.645. The zero-order valence-electron chi connectivity index (χ0n) is 8.57. The Balaban J connectivity index is 0.00000128.